The number of ether oxygens (including phenoxy) is 1. The van der Waals surface area contributed by atoms with E-state index in [4.69, 9.17) is 4.74 Å². The van der Waals surface area contributed by atoms with Crippen LogP contribution in [-0.4, -0.2) is 17.6 Å². The predicted octanol–water partition coefficient (Wildman–Crippen LogP) is 4.55. The second-order valence-corrected chi connectivity index (χ2v) is 5.77. The largest absolute Gasteiger partial charge is 0.486 e. The Bertz CT molecular complexity index is 921. The van der Waals surface area contributed by atoms with E-state index >= 15 is 0 Å². The number of benzene rings is 2. The molecule has 3 aromatic rings. The molecule has 0 spiro atoms. The van der Waals surface area contributed by atoms with Crippen LogP contribution in [0, 0.1) is 6.92 Å². The zero-order valence-electron chi connectivity index (χ0n) is 14.5. The minimum absolute atomic E-state index is 0.158. The molecule has 5 heteroatoms. The molecule has 0 unspecified atom stereocenters. The van der Waals surface area contributed by atoms with E-state index in [1.165, 1.54) is 0 Å². The van der Waals surface area contributed by atoms with Crippen molar-refractivity contribution in [2.24, 2.45) is 4.99 Å². The second-order valence-electron chi connectivity index (χ2n) is 5.77. The molecule has 26 heavy (non-hydrogen) atoms. The molecule has 5 nitrogen and oxygen atoms in total. The number of aromatic nitrogens is 1. The standard InChI is InChI=1S/C21H19N3O2/c1-15-7-9-16(10-8-15)21(25)24-18-6-4-3-5-17(18)14-26-20-11-12-23-13-19(20)22-2/h3-13H,2,14H2,1H3,(H,24,25). The number of hydrogen-bond acceptors (Lipinski definition) is 4. The van der Waals surface area contributed by atoms with Gasteiger partial charge in [-0.15, -0.1) is 0 Å². The Balaban J connectivity index is 1.74. The predicted molar refractivity (Wildman–Crippen MR) is 103 cm³/mol. The Labute approximate surface area is 152 Å². The summed E-state index contributed by atoms with van der Waals surface area (Å²) in [4.78, 5) is 20.4. The van der Waals surface area contributed by atoms with Gasteiger partial charge in [-0.2, -0.15) is 0 Å². The number of nitrogens with one attached hydrogen (secondary N) is 1. The molecule has 1 amide bonds. The molecule has 1 aromatic heterocycles. The van der Waals surface area contributed by atoms with Crippen LogP contribution in [0.3, 0.4) is 0 Å². The van der Waals surface area contributed by atoms with Crippen LogP contribution in [-0.2, 0) is 6.61 Å². The third-order valence-electron chi connectivity index (χ3n) is 3.89. The highest BCUT2D eigenvalue weighted by Crippen LogP contribution is 2.27. The summed E-state index contributed by atoms with van der Waals surface area (Å²) in [6.07, 6.45) is 3.22. The summed E-state index contributed by atoms with van der Waals surface area (Å²) in [6.45, 7) is 5.79. The SMILES string of the molecule is C=Nc1cnccc1OCc1ccccc1NC(=O)c1ccc(C)cc1. The Morgan fingerprint density at radius 2 is 1.92 bits per heavy atom. The van der Waals surface area contributed by atoms with Gasteiger partial charge in [0.2, 0.25) is 0 Å². The second kappa shape index (κ2) is 8.07. The van der Waals surface area contributed by atoms with Crippen LogP contribution in [0.15, 0.2) is 72.0 Å². The van der Waals surface area contributed by atoms with Gasteiger partial charge in [0.05, 0.1) is 6.20 Å². The fourth-order valence-electron chi connectivity index (χ4n) is 2.44. The van der Waals surface area contributed by atoms with E-state index in [0.717, 1.165) is 11.1 Å². The highest BCUT2D eigenvalue weighted by molar-refractivity contribution is 6.04. The number of carbonyl (C=O) groups excluding carboxylic acids is 1. The first-order valence-electron chi connectivity index (χ1n) is 8.17. The van der Waals surface area contributed by atoms with Crippen molar-refractivity contribution >= 4 is 24.0 Å². The normalized spacial score (nSPS) is 10.2. The Morgan fingerprint density at radius 3 is 2.69 bits per heavy atom. The Hall–Kier alpha value is -3.47. The average molecular weight is 345 g/mol. The molecule has 0 saturated heterocycles. The van der Waals surface area contributed by atoms with Gasteiger partial charge >= 0.3 is 0 Å². The lowest BCUT2D eigenvalue weighted by Crippen LogP contribution is -2.13. The number of pyridine rings is 1. The Morgan fingerprint density at radius 1 is 1.15 bits per heavy atom. The molecule has 2 aromatic carbocycles. The average Bonchev–Trinajstić information content (AvgIpc) is 2.68. The number of carbonyl (C=O) groups is 1. The number of nitrogens with zero attached hydrogens (tertiary/aromatic N) is 2. The molecule has 3 rings (SSSR count). The zero-order valence-corrected chi connectivity index (χ0v) is 14.5. The molecule has 0 atom stereocenters. The quantitative estimate of drug-likeness (QED) is 0.667. The number of para-hydroxylation sites is 1. The number of rotatable bonds is 6. The van der Waals surface area contributed by atoms with Crippen molar-refractivity contribution in [1.82, 2.24) is 4.98 Å². The first-order valence-corrected chi connectivity index (χ1v) is 8.17. The molecule has 0 radical (unpaired) electrons. The number of aliphatic imine (C=N–C) groups is 1. The van der Waals surface area contributed by atoms with Crippen LogP contribution in [0.5, 0.6) is 5.75 Å². The van der Waals surface area contributed by atoms with Crippen LogP contribution in [0.2, 0.25) is 0 Å². The van der Waals surface area contributed by atoms with Crippen LogP contribution in [0.25, 0.3) is 0 Å². The summed E-state index contributed by atoms with van der Waals surface area (Å²) in [7, 11) is 0. The van der Waals surface area contributed by atoms with Gasteiger partial charge in [-0.25, -0.2) is 0 Å². The summed E-state index contributed by atoms with van der Waals surface area (Å²) in [5, 5.41) is 2.94. The fourth-order valence-corrected chi connectivity index (χ4v) is 2.44. The molecule has 1 N–H and O–H groups in total. The van der Waals surface area contributed by atoms with Gasteiger partial charge in [0.25, 0.3) is 5.91 Å². The molecule has 0 aliphatic rings. The van der Waals surface area contributed by atoms with E-state index in [-0.39, 0.29) is 12.5 Å². The van der Waals surface area contributed by atoms with Gasteiger partial charge < -0.3 is 10.1 Å². The van der Waals surface area contributed by atoms with E-state index in [1.54, 1.807) is 18.5 Å². The highest BCUT2D eigenvalue weighted by atomic mass is 16.5. The van der Waals surface area contributed by atoms with Crippen molar-refractivity contribution in [2.75, 3.05) is 5.32 Å². The molecule has 1 heterocycles. The maximum atomic E-state index is 12.5. The lowest BCUT2D eigenvalue weighted by Gasteiger charge is -2.13. The third kappa shape index (κ3) is 4.13. The number of amides is 1. The van der Waals surface area contributed by atoms with Crippen molar-refractivity contribution in [3.63, 3.8) is 0 Å². The van der Waals surface area contributed by atoms with E-state index in [2.05, 4.69) is 22.0 Å². The topological polar surface area (TPSA) is 63.6 Å². The Kier molecular flexibility index (Phi) is 5.39. The summed E-state index contributed by atoms with van der Waals surface area (Å²) in [5.74, 6) is 0.435. The van der Waals surface area contributed by atoms with Crippen LogP contribution in [0.4, 0.5) is 11.4 Å². The van der Waals surface area contributed by atoms with Crippen molar-refractivity contribution in [2.45, 2.75) is 13.5 Å². The van der Waals surface area contributed by atoms with Gasteiger partial charge in [-0.05, 0) is 31.8 Å². The zero-order chi connectivity index (χ0) is 18.4. The van der Waals surface area contributed by atoms with Crippen molar-refractivity contribution in [3.05, 3.63) is 83.7 Å². The van der Waals surface area contributed by atoms with Gasteiger partial charge in [0, 0.05) is 29.1 Å². The molecule has 0 aliphatic carbocycles. The third-order valence-corrected chi connectivity index (χ3v) is 3.89. The summed E-state index contributed by atoms with van der Waals surface area (Å²) in [5.41, 5.74) is 3.87. The smallest absolute Gasteiger partial charge is 0.255 e. The first kappa shape index (κ1) is 17.4. The lowest BCUT2D eigenvalue weighted by molar-refractivity contribution is 0.102. The molecule has 0 saturated carbocycles. The molecular weight excluding hydrogens is 326 g/mol. The fraction of sp³-hybridized carbons (Fsp3) is 0.0952. The summed E-state index contributed by atoms with van der Waals surface area (Å²) < 4.78 is 5.83. The number of anilines is 1. The maximum absolute atomic E-state index is 12.5. The van der Waals surface area contributed by atoms with E-state index in [1.807, 2.05) is 55.5 Å². The van der Waals surface area contributed by atoms with Gasteiger partial charge in [-0.1, -0.05) is 35.9 Å². The van der Waals surface area contributed by atoms with E-state index in [9.17, 15) is 4.79 Å². The van der Waals surface area contributed by atoms with Gasteiger partial charge in [0.1, 0.15) is 18.0 Å². The monoisotopic (exact) mass is 345 g/mol. The van der Waals surface area contributed by atoms with E-state index < -0.39 is 0 Å². The van der Waals surface area contributed by atoms with Crippen molar-refractivity contribution in [3.8, 4) is 5.75 Å². The highest BCUT2D eigenvalue weighted by Gasteiger charge is 2.10. The molecule has 0 bridgehead atoms. The van der Waals surface area contributed by atoms with Crippen LogP contribution < -0.4 is 10.1 Å². The van der Waals surface area contributed by atoms with Crippen molar-refractivity contribution in [1.29, 1.82) is 0 Å². The molecule has 0 aliphatic heterocycles. The summed E-state index contributed by atoms with van der Waals surface area (Å²) in [6, 6.07) is 16.7. The lowest BCUT2D eigenvalue weighted by atomic mass is 10.1. The minimum atomic E-state index is -0.158. The van der Waals surface area contributed by atoms with Crippen LogP contribution in [0.1, 0.15) is 21.5 Å². The first-order chi connectivity index (χ1) is 12.7. The number of hydrogen-bond donors (Lipinski definition) is 1. The molecule has 130 valence electrons. The minimum Gasteiger partial charge on any atom is -0.486 e. The molecule has 0 fully saturated rings. The van der Waals surface area contributed by atoms with Gasteiger partial charge in [0.15, 0.2) is 0 Å². The van der Waals surface area contributed by atoms with Crippen molar-refractivity contribution < 1.29 is 9.53 Å². The molecular formula is C21H19N3O2. The number of aryl methyl sites for hydroxylation is 1. The summed E-state index contributed by atoms with van der Waals surface area (Å²) >= 11 is 0. The van der Waals surface area contributed by atoms with Gasteiger partial charge in [-0.3, -0.25) is 14.8 Å². The maximum Gasteiger partial charge on any atom is 0.255 e. The van der Waals surface area contributed by atoms with Crippen LogP contribution >= 0.6 is 0 Å². The van der Waals surface area contributed by atoms with E-state index in [0.29, 0.717) is 22.7 Å².